The summed E-state index contributed by atoms with van der Waals surface area (Å²) < 4.78 is 5.80. The van der Waals surface area contributed by atoms with Gasteiger partial charge in [-0.3, -0.25) is 4.98 Å². The molecule has 5 heteroatoms. The summed E-state index contributed by atoms with van der Waals surface area (Å²) in [6.07, 6.45) is 7.30. The van der Waals surface area contributed by atoms with Crippen molar-refractivity contribution in [1.29, 1.82) is 0 Å². The molecule has 1 aromatic rings. The van der Waals surface area contributed by atoms with E-state index in [1.54, 1.807) is 0 Å². The Bertz CT molecular complexity index is 541. The van der Waals surface area contributed by atoms with Crippen molar-refractivity contribution in [2.75, 3.05) is 13.2 Å². The molecule has 2 heterocycles. The summed E-state index contributed by atoms with van der Waals surface area (Å²) in [5, 5.41) is 2.95. The van der Waals surface area contributed by atoms with Gasteiger partial charge in [-0.25, -0.2) is 4.79 Å². The summed E-state index contributed by atoms with van der Waals surface area (Å²) in [5.41, 5.74) is 3.65. The molecule has 2 aliphatic rings. The zero-order valence-corrected chi connectivity index (χ0v) is 13.5. The van der Waals surface area contributed by atoms with E-state index in [-0.39, 0.29) is 12.1 Å². The van der Waals surface area contributed by atoms with Gasteiger partial charge < -0.3 is 15.0 Å². The van der Waals surface area contributed by atoms with Gasteiger partial charge in [-0.2, -0.15) is 0 Å². The smallest absolute Gasteiger partial charge is 0.317 e. The number of rotatable bonds is 5. The number of hydrogen-bond donors (Lipinski definition) is 1. The molecule has 22 heavy (non-hydrogen) atoms. The lowest BCUT2D eigenvalue weighted by Gasteiger charge is -2.30. The Morgan fingerprint density at radius 1 is 1.45 bits per heavy atom. The summed E-state index contributed by atoms with van der Waals surface area (Å²) in [6.45, 7) is 6.86. The molecule has 1 N–H and O–H groups in total. The van der Waals surface area contributed by atoms with Gasteiger partial charge >= 0.3 is 6.03 Å². The predicted octanol–water partition coefficient (Wildman–Crippen LogP) is 2.48. The molecular weight excluding hydrogens is 278 g/mol. The van der Waals surface area contributed by atoms with Crippen LogP contribution in [0.2, 0.25) is 0 Å². The Balaban J connectivity index is 1.62. The molecule has 1 aliphatic carbocycles. The fourth-order valence-corrected chi connectivity index (χ4v) is 2.82. The minimum absolute atomic E-state index is 0.0102. The average molecular weight is 303 g/mol. The first-order valence-electron chi connectivity index (χ1n) is 8.21. The van der Waals surface area contributed by atoms with Crippen LogP contribution in [0.3, 0.4) is 0 Å². The summed E-state index contributed by atoms with van der Waals surface area (Å²) in [7, 11) is 0. The van der Waals surface area contributed by atoms with Crippen molar-refractivity contribution < 1.29 is 9.53 Å². The minimum Gasteiger partial charge on any atom is -0.376 e. The minimum atomic E-state index is 0.0102. The van der Waals surface area contributed by atoms with Crippen LogP contribution in [-0.4, -0.2) is 35.1 Å². The number of ether oxygens (including phenoxy) is 1. The number of hydrogen-bond acceptors (Lipinski definition) is 3. The summed E-state index contributed by atoms with van der Waals surface area (Å²) in [6, 6.07) is 0.171. The van der Waals surface area contributed by atoms with E-state index in [1.807, 2.05) is 31.1 Å². The van der Waals surface area contributed by atoms with Gasteiger partial charge in [-0.05, 0) is 55.7 Å². The summed E-state index contributed by atoms with van der Waals surface area (Å²) in [4.78, 5) is 18.3. The third-order valence-electron chi connectivity index (χ3n) is 4.24. The number of nitrogens with one attached hydrogen (secondary N) is 1. The van der Waals surface area contributed by atoms with Crippen molar-refractivity contribution >= 4 is 6.03 Å². The van der Waals surface area contributed by atoms with E-state index in [1.165, 1.54) is 24.0 Å². The molecule has 0 aromatic carbocycles. The average Bonchev–Trinajstić information content (AvgIpc) is 3.30. The lowest BCUT2D eigenvalue weighted by atomic mass is 9.97. The van der Waals surface area contributed by atoms with Gasteiger partial charge in [0.15, 0.2) is 0 Å². The highest BCUT2D eigenvalue weighted by Crippen LogP contribution is 2.29. The van der Waals surface area contributed by atoms with E-state index in [4.69, 9.17) is 4.74 Å². The van der Waals surface area contributed by atoms with Crippen LogP contribution in [-0.2, 0) is 24.3 Å². The van der Waals surface area contributed by atoms with E-state index in [2.05, 4.69) is 10.3 Å². The van der Waals surface area contributed by atoms with E-state index in [0.29, 0.717) is 13.2 Å². The molecule has 0 unspecified atom stereocenters. The number of carbonyl (C=O) groups is 1. The van der Waals surface area contributed by atoms with Gasteiger partial charge in [0, 0.05) is 38.1 Å². The second-order valence-corrected chi connectivity index (χ2v) is 6.67. The molecular formula is C17H25N3O2. The van der Waals surface area contributed by atoms with Crippen LogP contribution >= 0.6 is 0 Å². The van der Waals surface area contributed by atoms with Crippen LogP contribution in [0.15, 0.2) is 12.4 Å². The lowest BCUT2D eigenvalue weighted by molar-refractivity contribution is 0.110. The molecule has 0 spiro atoms. The molecule has 0 bridgehead atoms. The second kappa shape index (κ2) is 6.65. The Morgan fingerprint density at radius 2 is 2.27 bits per heavy atom. The molecule has 1 fully saturated rings. The number of fused-ring (bicyclic) bond motifs is 1. The molecule has 1 saturated carbocycles. The summed E-state index contributed by atoms with van der Waals surface area (Å²) >= 11 is 0. The van der Waals surface area contributed by atoms with Gasteiger partial charge in [0.2, 0.25) is 0 Å². The van der Waals surface area contributed by atoms with Crippen LogP contribution in [0.5, 0.6) is 0 Å². The highest BCUT2D eigenvalue weighted by atomic mass is 16.5. The molecule has 3 rings (SSSR count). The summed E-state index contributed by atoms with van der Waals surface area (Å²) in [5.74, 6) is 0.780. The van der Waals surface area contributed by atoms with Crippen LogP contribution in [0.25, 0.3) is 0 Å². The number of carbonyl (C=O) groups excluding carboxylic acids is 1. The third kappa shape index (κ3) is 3.77. The molecule has 120 valence electrons. The Kier molecular flexibility index (Phi) is 4.62. The van der Waals surface area contributed by atoms with Crippen molar-refractivity contribution in [1.82, 2.24) is 15.2 Å². The first kappa shape index (κ1) is 15.3. The Hall–Kier alpha value is -1.62. The topological polar surface area (TPSA) is 54.5 Å². The number of urea groups is 1. The van der Waals surface area contributed by atoms with E-state index >= 15 is 0 Å². The van der Waals surface area contributed by atoms with Crippen LogP contribution in [0, 0.1) is 5.92 Å². The fraction of sp³-hybridized carbons (Fsp3) is 0.647. The Labute approximate surface area is 132 Å². The van der Waals surface area contributed by atoms with E-state index in [9.17, 15) is 4.79 Å². The quantitative estimate of drug-likeness (QED) is 0.909. The van der Waals surface area contributed by atoms with Gasteiger partial charge in [0.25, 0.3) is 0 Å². The van der Waals surface area contributed by atoms with Crippen molar-refractivity contribution in [2.24, 2.45) is 5.92 Å². The monoisotopic (exact) mass is 303 g/mol. The number of pyridine rings is 1. The standard InChI is InChI=1S/C17H25N3O2/c1-12(2)19-17(21)20-6-5-16-14(9-20)7-18-8-15(16)11-22-10-13-3-4-13/h7-8,12-13H,3-6,9-11H2,1-2H3,(H,19,21). The molecule has 0 atom stereocenters. The van der Waals surface area contributed by atoms with Gasteiger partial charge in [-0.1, -0.05) is 0 Å². The van der Waals surface area contributed by atoms with Crippen LogP contribution in [0.1, 0.15) is 43.4 Å². The van der Waals surface area contributed by atoms with Crippen molar-refractivity contribution in [2.45, 2.75) is 52.3 Å². The van der Waals surface area contributed by atoms with Crippen LogP contribution < -0.4 is 5.32 Å². The lowest BCUT2D eigenvalue weighted by Crippen LogP contribution is -2.45. The molecule has 1 aromatic heterocycles. The fourth-order valence-electron chi connectivity index (χ4n) is 2.82. The highest BCUT2D eigenvalue weighted by Gasteiger charge is 2.24. The molecule has 0 radical (unpaired) electrons. The highest BCUT2D eigenvalue weighted by molar-refractivity contribution is 5.74. The molecule has 0 saturated heterocycles. The molecule has 5 nitrogen and oxygen atoms in total. The van der Waals surface area contributed by atoms with Gasteiger partial charge in [-0.15, -0.1) is 0 Å². The SMILES string of the molecule is CC(C)NC(=O)N1CCc2c(COCC3CC3)cncc2C1. The first-order valence-corrected chi connectivity index (χ1v) is 8.21. The molecule has 1 aliphatic heterocycles. The van der Waals surface area contributed by atoms with E-state index in [0.717, 1.165) is 31.1 Å². The Morgan fingerprint density at radius 3 is 3.00 bits per heavy atom. The molecule has 2 amide bonds. The third-order valence-corrected chi connectivity index (χ3v) is 4.24. The van der Waals surface area contributed by atoms with E-state index < -0.39 is 0 Å². The zero-order valence-electron chi connectivity index (χ0n) is 13.5. The maximum absolute atomic E-state index is 12.1. The normalized spacial score (nSPS) is 17.5. The van der Waals surface area contributed by atoms with Gasteiger partial charge in [0.1, 0.15) is 0 Å². The van der Waals surface area contributed by atoms with Crippen molar-refractivity contribution in [3.8, 4) is 0 Å². The maximum Gasteiger partial charge on any atom is 0.317 e. The van der Waals surface area contributed by atoms with Crippen molar-refractivity contribution in [3.63, 3.8) is 0 Å². The second-order valence-electron chi connectivity index (χ2n) is 6.67. The van der Waals surface area contributed by atoms with Gasteiger partial charge in [0.05, 0.1) is 6.61 Å². The zero-order chi connectivity index (χ0) is 15.5. The first-order chi connectivity index (χ1) is 10.6. The maximum atomic E-state index is 12.1. The van der Waals surface area contributed by atoms with Crippen LogP contribution in [0.4, 0.5) is 4.79 Å². The predicted molar refractivity (Wildman–Crippen MR) is 84.4 cm³/mol. The van der Waals surface area contributed by atoms with Crippen molar-refractivity contribution in [3.05, 3.63) is 29.1 Å². The largest absolute Gasteiger partial charge is 0.376 e. The number of amides is 2. The number of aromatic nitrogens is 1. The number of nitrogens with zero attached hydrogens (tertiary/aromatic N) is 2.